The lowest BCUT2D eigenvalue weighted by Gasteiger charge is -2.34. The third-order valence-corrected chi connectivity index (χ3v) is 3.18. The van der Waals surface area contributed by atoms with Crippen LogP contribution in [0.4, 0.5) is 0 Å². The minimum Gasteiger partial charge on any atom is -0.380 e. The number of piperidine rings is 1. The zero-order valence-corrected chi connectivity index (χ0v) is 9.75. The molecule has 0 aromatic carbocycles. The van der Waals surface area contributed by atoms with E-state index < -0.39 is 0 Å². The van der Waals surface area contributed by atoms with Crippen molar-refractivity contribution in [3.8, 4) is 0 Å². The first-order chi connectivity index (χ1) is 6.80. The summed E-state index contributed by atoms with van der Waals surface area (Å²) < 4.78 is 5.41. The van der Waals surface area contributed by atoms with Gasteiger partial charge >= 0.3 is 0 Å². The summed E-state index contributed by atoms with van der Waals surface area (Å²) in [4.78, 5) is 2.52. The number of likely N-dealkylation sites (tertiary alicyclic amines) is 1. The summed E-state index contributed by atoms with van der Waals surface area (Å²) in [6.07, 6.45) is 4.16. The predicted octanol–water partition coefficient (Wildman–Crippen LogP) is 1.10. The summed E-state index contributed by atoms with van der Waals surface area (Å²) >= 11 is 0. The second kappa shape index (κ2) is 6.38. The molecule has 1 heterocycles. The Balaban J connectivity index is 2.29. The van der Waals surface area contributed by atoms with Crippen molar-refractivity contribution in [1.82, 2.24) is 10.2 Å². The quantitative estimate of drug-likeness (QED) is 0.719. The zero-order valence-electron chi connectivity index (χ0n) is 9.75. The Hall–Kier alpha value is -0.120. The molecule has 1 aliphatic heterocycles. The summed E-state index contributed by atoms with van der Waals surface area (Å²) in [5.41, 5.74) is 0. The van der Waals surface area contributed by atoms with Crippen molar-refractivity contribution in [2.24, 2.45) is 0 Å². The van der Waals surface area contributed by atoms with Gasteiger partial charge in [0.05, 0.1) is 6.10 Å². The molecule has 2 unspecified atom stereocenters. The van der Waals surface area contributed by atoms with Crippen LogP contribution in [-0.4, -0.2) is 50.8 Å². The fourth-order valence-corrected chi connectivity index (χ4v) is 2.11. The van der Waals surface area contributed by atoms with Gasteiger partial charge in [0.2, 0.25) is 0 Å². The molecule has 0 spiro atoms. The fraction of sp³-hybridized carbons (Fsp3) is 1.00. The van der Waals surface area contributed by atoms with Crippen LogP contribution in [0.15, 0.2) is 0 Å². The van der Waals surface area contributed by atoms with Gasteiger partial charge in [0.25, 0.3) is 0 Å². The number of hydrogen-bond donors (Lipinski definition) is 1. The van der Waals surface area contributed by atoms with Crippen molar-refractivity contribution in [2.45, 2.75) is 38.3 Å². The molecule has 1 aliphatic rings. The molecular formula is C11H24N2O. The maximum atomic E-state index is 5.41. The molecule has 0 aliphatic carbocycles. The van der Waals surface area contributed by atoms with E-state index in [4.69, 9.17) is 4.74 Å². The summed E-state index contributed by atoms with van der Waals surface area (Å²) in [6.45, 7) is 5.73. The van der Waals surface area contributed by atoms with Gasteiger partial charge in [0, 0.05) is 26.2 Å². The van der Waals surface area contributed by atoms with Crippen LogP contribution >= 0.6 is 0 Å². The SMILES string of the molecule is CCC(CN1CCCC(OC)C1)NC. The van der Waals surface area contributed by atoms with Crippen LogP contribution < -0.4 is 5.32 Å². The lowest BCUT2D eigenvalue weighted by Crippen LogP contribution is -2.45. The molecular weight excluding hydrogens is 176 g/mol. The van der Waals surface area contributed by atoms with E-state index in [2.05, 4.69) is 17.1 Å². The first-order valence-electron chi connectivity index (χ1n) is 5.72. The maximum Gasteiger partial charge on any atom is 0.0698 e. The van der Waals surface area contributed by atoms with Crippen LogP contribution in [0.2, 0.25) is 0 Å². The smallest absolute Gasteiger partial charge is 0.0698 e. The van der Waals surface area contributed by atoms with Crippen LogP contribution in [0.5, 0.6) is 0 Å². The van der Waals surface area contributed by atoms with Crippen molar-refractivity contribution in [3.05, 3.63) is 0 Å². The summed E-state index contributed by atoms with van der Waals surface area (Å²) in [7, 11) is 3.87. The Bertz CT molecular complexity index is 148. The van der Waals surface area contributed by atoms with Gasteiger partial charge in [-0.2, -0.15) is 0 Å². The predicted molar refractivity (Wildman–Crippen MR) is 59.6 cm³/mol. The van der Waals surface area contributed by atoms with Crippen molar-refractivity contribution in [3.63, 3.8) is 0 Å². The Morgan fingerprint density at radius 1 is 1.57 bits per heavy atom. The number of rotatable bonds is 5. The highest BCUT2D eigenvalue weighted by molar-refractivity contribution is 4.76. The first-order valence-corrected chi connectivity index (χ1v) is 5.72. The number of nitrogens with one attached hydrogen (secondary N) is 1. The highest BCUT2D eigenvalue weighted by Crippen LogP contribution is 2.12. The van der Waals surface area contributed by atoms with Gasteiger partial charge in [-0.3, -0.25) is 4.90 Å². The van der Waals surface area contributed by atoms with Crippen LogP contribution in [0.25, 0.3) is 0 Å². The molecule has 1 saturated heterocycles. The van der Waals surface area contributed by atoms with Gasteiger partial charge in [0.1, 0.15) is 0 Å². The van der Waals surface area contributed by atoms with Gasteiger partial charge in [-0.15, -0.1) is 0 Å². The van der Waals surface area contributed by atoms with Gasteiger partial charge in [-0.05, 0) is 32.9 Å². The highest BCUT2D eigenvalue weighted by atomic mass is 16.5. The third kappa shape index (κ3) is 3.56. The van der Waals surface area contributed by atoms with E-state index in [9.17, 15) is 0 Å². The molecule has 1 rings (SSSR count). The van der Waals surface area contributed by atoms with Gasteiger partial charge in [0.15, 0.2) is 0 Å². The molecule has 3 nitrogen and oxygen atoms in total. The second-order valence-electron chi connectivity index (χ2n) is 4.15. The van der Waals surface area contributed by atoms with Crippen molar-refractivity contribution in [1.29, 1.82) is 0 Å². The van der Waals surface area contributed by atoms with Crippen molar-refractivity contribution in [2.75, 3.05) is 33.8 Å². The highest BCUT2D eigenvalue weighted by Gasteiger charge is 2.20. The van der Waals surface area contributed by atoms with E-state index in [-0.39, 0.29) is 0 Å². The Kier molecular flexibility index (Phi) is 5.45. The Labute approximate surface area is 87.8 Å². The third-order valence-electron chi connectivity index (χ3n) is 3.18. The van der Waals surface area contributed by atoms with E-state index in [0.29, 0.717) is 12.1 Å². The lowest BCUT2D eigenvalue weighted by molar-refractivity contribution is 0.0283. The summed E-state index contributed by atoms with van der Waals surface area (Å²) in [6, 6.07) is 0.630. The van der Waals surface area contributed by atoms with E-state index in [0.717, 1.165) is 13.1 Å². The maximum absolute atomic E-state index is 5.41. The molecule has 1 N–H and O–H groups in total. The van der Waals surface area contributed by atoms with E-state index >= 15 is 0 Å². The number of hydrogen-bond acceptors (Lipinski definition) is 3. The van der Waals surface area contributed by atoms with Crippen LogP contribution in [0.3, 0.4) is 0 Å². The average molecular weight is 200 g/mol. The molecule has 84 valence electrons. The largest absolute Gasteiger partial charge is 0.380 e. The Morgan fingerprint density at radius 2 is 2.36 bits per heavy atom. The Morgan fingerprint density at radius 3 is 2.93 bits per heavy atom. The van der Waals surface area contributed by atoms with Crippen LogP contribution in [-0.2, 0) is 4.74 Å². The van der Waals surface area contributed by atoms with Crippen LogP contribution in [0, 0.1) is 0 Å². The normalized spacial score (nSPS) is 26.4. The van der Waals surface area contributed by atoms with Crippen LogP contribution in [0.1, 0.15) is 26.2 Å². The number of methoxy groups -OCH3 is 1. The van der Waals surface area contributed by atoms with Gasteiger partial charge in [-0.25, -0.2) is 0 Å². The molecule has 1 fully saturated rings. The lowest BCUT2D eigenvalue weighted by atomic mass is 10.1. The monoisotopic (exact) mass is 200 g/mol. The molecule has 14 heavy (non-hydrogen) atoms. The molecule has 3 heteroatoms. The molecule has 0 saturated carbocycles. The van der Waals surface area contributed by atoms with E-state index in [1.807, 2.05) is 14.2 Å². The number of ether oxygens (including phenoxy) is 1. The fourth-order valence-electron chi connectivity index (χ4n) is 2.11. The standard InChI is InChI=1S/C11H24N2O/c1-4-10(12-2)8-13-7-5-6-11(9-13)14-3/h10-12H,4-9H2,1-3H3. The first kappa shape index (κ1) is 12.0. The summed E-state index contributed by atoms with van der Waals surface area (Å²) in [5.74, 6) is 0. The molecule has 0 radical (unpaired) electrons. The molecule has 2 atom stereocenters. The molecule has 0 amide bonds. The topological polar surface area (TPSA) is 24.5 Å². The van der Waals surface area contributed by atoms with E-state index in [1.54, 1.807) is 0 Å². The number of nitrogens with zero attached hydrogens (tertiary/aromatic N) is 1. The van der Waals surface area contributed by atoms with Crippen molar-refractivity contribution < 1.29 is 4.74 Å². The van der Waals surface area contributed by atoms with Crippen molar-refractivity contribution >= 4 is 0 Å². The number of likely N-dealkylation sites (N-methyl/N-ethyl adjacent to an activating group) is 1. The summed E-state index contributed by atoms with van der Waals surface area (Å²) in [5, 5.41) is 3.35. The van der Waals surface area contributed by atoms with Gasteiger partial charge in [-0.1, -0.05) is 6.92 Å². The zero-order chi connectivity index (χ0) is 10.4. The average Bonchev–Trinajstić information content (AvgIpc) is 2.26. The molecule has 0 aromatic heterocycles. The van der Waals surface area contributed by atoms with Gasteiger partial charge < -0.3 is 10.1 Å². The second-order valence-corrected chi connectivity index (χ2v) is 4.15. The minimum atomic E-state index is 0.457. The minimum absolute atomic E-state index is 0.457. The molecule has 0 bridgehead atoms. The molecule has 0 aromatic rings. The van der Waals surface area contributed by atoms with E-state index in [1.165, 1.54) is 25.8 Å².